The predicted octanol–water partition coefficient (Wildman–Crippen LogP) is 3.56. The van der Waals surface area contributed by atoms with Crippen LogP contribution in [0, 0.1) is 0 Å². The molecule has 0 aliphatic carbocycles. The van der Waals surface area contributed by atoms with E-state index >= 15 is 0 Å². The number of hydrogen-bond donors (Lipinski definition) is 5. The van der Waals surface area contributed by atoms with Gasteiger partial charge in [-0.2, -0.15) is 0 Å². The highest BCUT2D eigenvalue weighted by molar-refractivity contribution is 7.99. The Hall–Kier alpha value is -4.06. The third-order valence-electron chi connectivity index (χ3n) is 6.94. The number of nitrogens with zero attached hydrogens (tertiary/aromatic N) is 1. The summed E-state index contributed by atoms with van der Waals surface area (Å²) in [7, 11) is 1.86. The largest absolute Gasteiger partial charge is 0.355 e. The Labute approximate surface area is 274 Å². The summed E-state index contributed by atoms with van der Waals surface area (Å²) in [6, 6.07) is 21.0. The van der Waals surface area contributed by atoms with Crippen LogP contribution in [0.25, 0.3) is 0 Å². The fourth-order valence-electron chi connectivity index (χ4n) is 4.43. The Kier molecular flexibility index (Phi) is 14.2. The van der Waals surface area contributed by atoms with Gasteiger partial charge in [-0.15, -0.1) is 0 Å². The van der Waals surface area contributed by atoms with Crippen molar-refractivity contribution in [1.29, 1.82) is 0 Å². The van der Waals surface area contributed by atoms with E-state index in [2.05, 4.69) is 26.6 Å². The Balaban J connectivity index is 1.76. The van der Waals surface area contributed by atoms with Gasteiger partial charge < -0.3 is 30.9 Å². The summed E-state index contributed by atoms with van der Waals surface area (Å²) in [5, 5.41) is 15.0. The molecule has 0 aromatic heterocycles. The molecule has 0 fully saturated rings. The van der Waals surface area contributed by atoms with E-state index in [0.717, 1.165) is 11.1 Å². The van der Waals surface area contributed by atoms with Gasteiger partial charge in [0.25, 0.3) is 11.8 Å². The van der Waals surface area contributed by atoms with Crippen LogP contribution in [0.2, 0.25) is 5.02 Å². The lowest BCUT2D eigenvalue weighted by molar-refractivity contribution is -0.127. The normalized spacial score (nSPS) is 12.0. The third-order valence-corrected chi connectivity index (χ3v) is 7.94. The molecule has 3 rings (SSSR count). The highest BCUT2D eigenvalue weighted by Gasteiger charge is 2.21. The van der Waals surface area contributed by atoms with Gasteiger partial charge in [0.1, 0.15) is 0 Å². The minimum atomic E-state index is -0.608. The molecule has 3 aromatic carbocycles. The van der Waals surface area contributed by atoms with Gasteiger partial charge in [0, 0.05) is 60.8 Å². The Morgan fingerprint density at radius 2 is 1.56 bits per heavy atom. The van der Waals surface area contributed by atoms with Gasteiger partial charge in [-0.3, -0.25) is 19.2 Å². The predicted molar refractivity (Wildman–Crippen MR) is 182 cm³/mol. The Bertz CT molecular complexity index is 1460. The smallest absolute Gasteiger partial charge is 0.251 e. The molecule has 0 bridgehead atoms. The van der Waals surface area contributed by atoms with Crippen LogP contribution < -0.4 is 30.9 Å². The summed E-state index contributed by atoms with van der Waals surface area (Å²) >= 11 is 7.53. The third kappa shape index (κ3) is 11.8. The molecule has 3 aromatic rings. The minimum absolute atomic E-state index is 0.112. The number of nitrogens with one attached hydrogen (secondary N) is 5. The van der Waals surface area contributed by atoms with E-state index < -0.39 is 6.04 Å². The van der Waals surface area contributed by atoms with E-state index in [4.69, 9.17) is 11.6 Å². The molecule has 0 saturated heterocycles. The molecule has 0 aliphatic heterocycles. The van der Waals surface area contributed by atoms with Crippen LogP contribution in [-0.2, 0) is 22.6 Å². The van der Waals surface area contributed by atoms with E-state index in [-0.39, 0.29) is 49.3 Å². The Morgan fingerprint density at radius 1 is 0.867 bits per heavy atom. The van der Waals surface area contributed by atoms with Crippen molar-refractivity contribution in [2.24, 2.45) is 0 Å². The van der Waals surface area contributed by atoms with E-state index in [1.807, 2.05) is 60.1 Å². The molecular weight excluding hydrogens is 612 g/mol. The molecule has 2 atom stereocenters. The fraction of sp³-hybridized carbons (Fsp3) is 0.333. The second-order valence-corrected chi connectivity index (χ2v) is 11.8. The summed E-state index contributed by atoms with van der Waals surface area (Å²) in [5.74, 6) is -1.27. The number of amides is 4. The average molecular weight is 653 g/mol. The molecule has 0 radical (unpaired) electrons. The zero-order valence-electron chi connectivity index (χ0n) is 26.0. The Morgan fingerprint density at radius 3 is 2.22 bits per heavy atom. The SMILES string of the molecule is CCNC(=O)CNC(=O)C(C)NC[C@H](Cc1ccccc1)NC(=O)c1cc(C(=O)NCc2cccc(Cl)c2)cc(N(C)SC)c1. The molecule has 12 heteroatoms. The molecule has 0 spiro atoms. The van der Waals surface area contributed by atoms with Gasteiger partial charge in [-0.25, -0.2) is 0 Å². The van der Waals surface area contributed by atoms with Crippen molar-refractivity contribution in [2.45, 2.75) is 38.9 Å². The summed E-state index contributed by atoms with van der Waals surface area (Å²) in [4.78, 5) is 51.2. The minimum Gasteiger partial charge on any atom is -0.355 e. The van der Waals surface area contributed by atoms with E-state index in [0.29, 0.717) is 34.8 Å². The van der Waals surface area contributed by atoms with Crippen LogP contribution in [0.4, 0.5) is 5.69 Å². The van der Waals surface area contributed by atoms with Gasteiger partial charge in [0.05, 0.1) is 12.6 Å². The lowest BCUT2D eigenvalue weighted by atomic mass is 10.0. The summed E-state index contributed by atoms with van der Waals surface area (Å²) in [6.45, 7) is 4.44. The van der Waals surface area contributed by atoms with Gasteiger partial charge in [-0.05, 0) is 61.7 Å². The molecule has 240 valence electrons. The van der Waals surface area contributed by atoms with E-state index in [9.17, 15) is 19.2 Å². The highest BCUT2D eigenvalue weighted by atomic mass is 35.5. The molecule has 10 nitrogen and oxygen atoms in total. The van der Waals surface area contributed by atoms with Crippen LogP contribution in [0.15, 0.2) is 72.8 Å². The number of carbonyl (C=O) groups is 4. The maximum absolute atomic E-state index is 13.7. The molecule has 0 aliphatic rings. The number of rotatable bonds is 16. The number of carbonyl (C=O) groups excluding carboxylic acids is 4. The fourth-order valence-corrected chi connectivity index (χ4v) is 4.95. The number of benzene rings is 3. The summed E-state index contributed by atoms with van der Waals surface area (Å²) < 4.78 is 1.87. The van der Waals surface area contributed by atoms with Crippen LogP contribution in [-0.4, -0.2) is 68.7 Å². The first-order valence-corrected chi connectivity index (χ1v) is 16.2. The first-order chi connectivity index (χ1) is 21.6. The lowest BCUT2D eigenvalue weighted by Gasteiger charge is -2.23. The molecule has 1 unspecified atom stereocenters. The standard InChI is InChI=1S/C33H41ClN6O4S/c1-5-35-30(41)21-38-31(42)22(2)36-20-28(15-23-10-7-6-8-11-23)39-33(44)26-16-25(17-29(18-26)40(3)45-4)32(43)37-19-24-12-9-13-27(34)14-24/h6-14,16-18,22,28,36H,5,15,19-21H2,1-4H3,(H,35,41)(H,37,43)(H,38,42)(H,39,44)/t22?,28-/m0/s1. The van der Waals surface area contributed by atoms with Crippen LogP contribution >= 0.6 is 23.5 Å². The van der Waals surface area contributed by atoms with Gasteiger partial charge in [0.15, 0.2) is 0 Å². The zero-order valence-corrected chi connectivity index (χ0v) is 27.6. The molecule has 0 heterocycles. The van der Waals surface area contributed by atoms with Crippen LogP contribution in [0.3, 0.4) is 0 Å². The van der Waals surface area contributed by atoms with Crippen molar-refractivity contribution in [2.75, 3.05) is 37.2 Å². The number of likely N-dealkylation sites (N-methyl/N-ethyl adjacent to an activating group) is 1. The average Bonchev–Trinajstić information content (AvgIpc) is 3.04. The van der Waals surface area contributed by atoms with Crippen molar-refractivity contribution < 1.29 is 19.2 Å². The first-order valence-electron chi connectivity index (χ1n) is 14.7. The second kappa shape index (κ2) is 18.0. The maximum Gasteiger partial charge on any atom is 0.251 e. The monoisotopic (exact) mass is 652 g/mol. The molecule has 4 amide bonds. The number of halogens is 1. The zero-order chi connectivity index (χ0) is 32.8. The molecule has 0 saturated carbocycles. The lowest BCUT2D eigenvalue weighted by Crippen LogP contribution is -2.50. The van der Waals surface area contributed by atoms with Crippen molar-refractivity contribution in [1.82, 2.24) is 26.6 Å². The van der Waals surface area contributed by atoms with Gasteiger partial charge in [-0.1, -0.05) is 66.0 Å². The summed E-state index contributed by atoms with van der Waals surface area (Å²) in [5.41, 5.74) is 3.23. The van der Waals surface area contributed by atoms with Crippen LogP contribution in [0.1, 0.15) is 45.7 Å². The number of hydrogen-bond acceptors (Lipinski definition) is 7. The van der Waals surface area contributed by atoms with Crippen molar-refractivity contribution in [3.05, 3.63) is 100 Å². The highest BCUT2D eigenvalue weighted by Crippen LogP contribution is 2.23. The van der Waals surface area contributed by atoms with Crippen molar-refractivity contribution in [3.8, 4) is 0 Å². The van der Waals surface area contributed by atoms with Gasteiger partial charge in [0.2, 0.25) is 11.8 Å². The number of anilines is 1. The first kappa shape index (κ1) is 35.4. The quantitative estimate of drug-likeness (QED) is 0.150. The molecular formula is C33H41ClN6O4S. The summed E-state index contributed by atoms with van der Waals surface area (Å²) in [6.07, 6.45) is 2.41. The molecule has 5 N–H and O–H groups in total. The van der Waals surface area contributed by atoms with E-state index in [1.165, 1.54) is 11.9 Å². The van der Waals surface area contributed by atoms with Gasteiger partial charge >= 0.3 is 0 Å². The maximum atomic E-state index is 13.7. The van der Waals surface area contributed by atoms with E-state index in [1.54, 1.807) is 44.2 Å². The van der Waals surface area contributed by atoms with Crippen LogP contribution in [0.5, 0.6) is 0 Å². The second-order valence-electron chi connectivity index (χ2n) is 10.4. The van der Waals surface area contributed by atoms with Crippen molar-refractivity contribution >= 4 is 52.9 Å². The topological polar surface area (TPSA) is 132 Å². The molecule has 45 heavy (non-hydrogen) atoms. The van der Waals surface area contributed by atoms with Crippen molar-refractivity contribution in [3.63, 3.8) is 0 Å².